The van der Waals surface area contributed by atoms with Gasteiger partial charge in [0.05, 0.1) is 0 Å². The van der Waals surface area contributed by atoms with Crippen LogP contribution in [0.15, 0.2) is 22.7 Å². The van der Waals surface area contributed by atoms with Crippen LogP contribution >= 0.6 is 27.7 Å². The molecule has 1 aromatic rings. The van der Waals surface area contributed by atoms with Crippen molar-refractivity contribution in [2.24, 2.45) is 0 Å². The Kier molecular flexibility index (Phi) is 5.60. The van der Waals surface area contributed by atoms with Crippen molar-refractivity contribution in [2.45, 2.75) is 32.4 Å². The van der Waals surface area contributed by atoms with Crippen LogP contribution in [0.5, 0.6) is 0 Å². The second-order valence-corrected chi connectivity index (χ2v) is 7.12. The van der Waals surface area contributed by atoms with E-state index in [2.05, 4.69) is 77.0 Å². The summed E-state index contributed by atoms with van der Waals surface area (Å²) in [6.45, 7) is 5.35. The lowest BCUT2D eigenvalue weighted by Crippen LogP contribution is -2.31. The van der Waals surface area contributed by atoms with Crippen molar-refractivity contribution >= 4 is 33.4 Å². The SMILES string of the molecule is CCNC(C)c1ccc(N(C)C2CCSC2)cc1Br. The van der Waals surface area contributed by atoms with Crippen LogP contribution in [0, 0.1) is 0 Å². The third-order valence-electron chi connectivity index (χ3n) is 3.82. The molecule has 2 unspecified atom stereocenters. The Labute approximate surface area is 129 Å². The Hall–Kier alpha value is -0.190. The zero-order valence-electron chi connectivity index (χ0n) is 11.9. The van der Waals surface area contributed by atoms with Crippen molar-refractivity contribution in [2.75, 3.05) is 30.0 Å². The molecule has 0 saturated carbocycles. The van der Waals surface area contributed by atoms with Gasteiger partial charge in [-0.2, -0.15) is 11.8 Å². The molecule has 0 bridgehead atoms. The molecule has 1 aliphatic heterocycles. The highest BCUT2D eigenvalue weighted by molar-refractivity contribution is 9.10. The molecule has 2 atom stereocenters. The van der Waals surface area contributed by atoms with Crippen LogP contribution in [0.1, 0.15) is 31.9 Å². The molecule has 1 aliphatic rings. The molecule has 0 amide bonds. The molecule has 0 aliphatic carbocycles. The number of halogens is 1. The summed E-state index contributed by atoms with van der Waals surface area (Å²) in [5, 5.41) is 3.46. The maximum Gasteiger partial charge on any atom is 0.0385 e. The number of thioether (sulfide) groups is 1. The fraction of sp³-hybridized carbons (Fsp3) is 0.600. The van der Waals surface area contributed by atoms with Crippen molar-refractivity contribution in [3.05, 3.63) is 28.2 Å². The van der Waals surface area contributed by atoms with Gasteiger partial charge in [-0.1, -0.05) is 28.9 Å². The molecule has 1 saturated heterocycles. The molecule has 1 heterocycles. The Morgan fingerprint density at radius 3 is 2.89 bits per heavy atom. The first-order valence-corrected chi connectivity index (χ1v) is 8.91. The van der Waals surface area contributed by atoms with Crippen molar-refractivity contribution in [1.29, 1.82) is 0 Å². The van der Waals surface area contributed by atoms with Crippen LogP contribution in [0.4, 0.5) is 5.69 Å². The van der Waals surface area contributed by atoms with E-state index in [4.69, 9.17) is 0 Å². The lowest BCUT2D eigenvalue weighted by molar-refractivity contribution is 0.596. The third kappa shape index (κ3) is 3.67. The van der Waals surface area contributed by atoms with Crippen LogP contribution in [-0.4, -0.2) is 31.1 Å². The van der Waals surface area contributed by atoms with Crippen molar-refractivity contribution in [3.8, 4) is 0 Å². The van der Waals surface area contributed by atoms with E-state index in [1.807, 2.05) is 0 Å². The highest BCUT2D eigenvalue weighted by atomic mass is 79.9. The van der Waals surface area contributed by atoms with E-state index in [1.165, 1.54) is 33.7 Å². The Bertz CT molecular complexity index is 419. The first kappa shape index (κ1) is 15.2. The van der Waals surface area contributed by atoms with Gasteiger partial charge in [-0.3, -0.25) is 0 Å². The largest absolute Gasteiger partial charge is 0.371 e. The van der Waals surface area contributed by atoms with Gasteiger partial charge in [-0.05, 0) is 43.3 Å². The molecule has 2 rings (SSSR count). The van der Waals surface area contributed by atoms with Gasteiger partial charge in [0.2, 0.25) is 0 Å². The predicted molar refractivity (Wildman–Crippen MR) is 90.4 cm³/mol. The van der Waals surface area contributed by atoms with E-state index in [1.54, 1.807) is 0 Å². The maximum absolute atomic E-state index is 3.72. The quantitative estimate of drug-likeness (QED) is 0.868. The number of nitrogens with one attached hydrogen (secondary N) is 1. The Morgan fingerprint density at radius 2 is 2.32 bits per heavy atom. The summed E-state index contributed by atoms with van der Waals surface area (Å²) in [5.74, 6) is 2.55. The third-order valence-corrected chi connectivity index (χ3v) is 5.65. The molecule has 0 radical (unpaired) electrons. The van der Waals surface area contributed by atoms with Crippen LogP contribution in [0.2, 0.25) is 0 Å². The van der Waals surface area contributed by atoms with Gasteiger partial charge in [0.25, 0.3) is 0 Å². The molecule has 4 heteroatoms. The Balaban J connectivity index is 2.13. The molecule has 0 aromatic heterocycles. The van der Waals surface area contributed by atoms with Crippen LogP contribution in [0.3, 0.4) is 0 Å². The summed E-state index contributed by atoms with van der Waals surface area (Å²) >= 11 is 5.78. The molecule has 1 N–H and O–H groups in total. The van der Waals surface area contributed by atoms with Crippen LogP contribution in [0.25, 0.3) is 0 Å². The Morgan fingerprint density at radius 1 is 1.53 bits per heavy atom. The number of anilines is 1. The van der Waals surface area contributed by atoms with Gasteiger partial charge in [-0.25, -0.2) is 0 Å². The number of hydrogen-bond donors (Lipinski definition) is 1. The zero-order chi connectivity index (χ0) is 13.8. The maximum atomic E-state index is 3.72. The standard InChI is InChI=1S/C15H23BrN2S/c1-4-17-11(2)14-6-5-12(9-15(14)16)18(3)13-7-8-19-10-13/h5-6,9,11,13,17H,4,7-8,10H2,1-3H3. The van der Waals surface area contributed by atoms with E-state index in [-0.39, 0.29) is 0 Å². The van der Waals surface area contributed by atoms with Gasteiger partial charge in [0.1, 0.15) is 0 Å². The average Bonchev–Trinajstić information content (AvgIpc) is 2.91. The van der Waals surface area contributed by atoms with E-state index in [0.717, 1.165) is 6.54 Å². The molecular weight excluding hydrogens is 320 g/mol. The van der Waals surface area contributed by atoms with Gasteiger partial charge >= 0.3 is 0 Å². The zero-order valence-corrected chi connectivity index (χ0v) is 14.4. The first-order chi connectivity index (χ1) is 9.13. The fourth-order valence-corrected chi connectivity index (χ4v) is 4.52. The lowest BCUT2D eigenvalue weighted by Gasteiger charge is -2.27. The summed E-state index contributed by atoms with van der Waals surface area (Å²) in [6, 6.07) is 7.82. The van der Waals surface area contributed by atoms with E-state index >= 15 is 0 Å². The molecule has 106 valence electrons. The summed E-state index contributed by atoms with van der Waals surface area (Å²) in [4.78, 5) is 2.42. The van der Waals surface area contributed by atoms with Gasteiger partial charge in [0.15, 0.2) is 0 Å². The molecule has 1 fully saturated rings. The fourth-order valence-electron chi connectivity index (χ4n) is 2.54. The number of benzene rings is 1. The van der Waals surface area contributed by atoms with Crippen LogP contribution in [-0.2, 0) is 0 Å². The highest BCUT2D eigenvalue weighted by Crippen LogP contribution is 2.31. The molecule has 1 aromatic carbocycles. The van der Waals surface area contributed by atoms with Crippen molar-refractivity contribution in [1.82, 2.24) is 5.32 Å². The summed E-state index contributed by atoms with van der Waals surface area (Å²) in [7, 11) is 2.21. The summed E-state index contributed by atoms with van der Waals surface area (Å²) < 4.78 is 1.20. The number of rotatable bonds is 5. The number of nitrogens with zero attached hydrogens (tertiary/aromatic N) is 1. The van der Waals surface area contributed by atoms with Gasteiger partial charge in [0, 0.05) is 35.0 Å². The summed E-state index contributed by atoms with van der Waals surface area (Å²) in [5.41, 5.74) is 2.65. The van der Waals surface area contributed by atoms with Gasteiger partial charge < -0.3 is 10.2 Å². The van der Waals surface area contributed by atoms with Gasteiger partial charge in [-0.15, -0.1) is 0 Å². The average molecular weight is 343 g/mol. The molecule has 19 heavy (non-hydrogen) atoms. The minimum Gasteiger partial charge on any atom is -0.371 e. The lowest BCUT2D eigenvalue weighted by atomic mass is 10.1. The number of hydrogen-bond acceptors (Lipinski definition) is 3. The minimum absolute atomic E-state index is 0.390. The highest BCUT2D eigenvalue weighted by Gasteiger charge is 2.21. The minimum atomic E-state index is 0.390. The smallest absolute Gasteiger partial charge is 0.0385 e. The predicted octanol–water partition coefficient (Wildman–Crippen LogP) is 4.06. The second-order valence-electron chi connectivity index (χ2n) is 5.11. The first-order valence-electron chi connectivity index (χ1n) is 6.97. The van der Waals surface area contributed by atoms with E-state index in [9.17, 15) is 0 Å². The normalized spacial score (nSPS) is 20.5. The van der Waals surface area contributed by atoms with Crippen molar-refractivity contribution < 1.29 is 0 Å². The topological polar surface area (TPSA) is 15.3 Å². The molecular formula is C15H23BrN2S. The van der Waals surface area contributed by atoms with Crippen LogP contribution < -0.4 is 10.2 Å². The molecule has 0 spiro atoms. The van der Waals surface area contributed by atoms with E-state index < -0.39 is 0 Å². The monoisotopic (exact) mass is 342 g/mol. The van der Waals surface area contributed by atoms with E-state index in [0.29, 0.717) is 12.1 Å². The second kappa shape index (κ2) is 7.00. The molecule has 2 nitrogen and oxygen atoms in total. The van der Waals surface area contributed by atoms with Crippen molar-refractivity contribution in [3.63, 3.8) is 0 Å². The summed E-state index contributed by atoms with van der Waals surface area (Å²) in [6.07, 6.45) is 1.30.